The standard InChI is InChI=1S/C13H12FNO2S/c1-18(16,17)15-13-5-3-2-4-12(13)10-6-8-11(14)9-7-10/h2-9,15H,1H3. The molecule has 5 heteroatoms. The van der Waals surface area contributed by atoms with E-state index in [0.717, 1.165) is 11.8 Å². The summed E-state index contributed by atoms with van der Waals surface area (Å²) in [5.41, 5.74) is 1.94. The zero-order chi connectivity index (χ0) is 13.2. The van der Waals surface area contributed by atoms with E-state index >= 15 is 0 Å². The van der Waals surface area contributed by atoms with Crippen LogP contribution in [0.3, 0.4) is 0 Å². The van der Waals surface area contributed by atoms with Crippen LogP contribution >= 0.6 is 0 Å². The molecule has 2 aromatic carbocycles. The molecule has 0 heterocycles. The lowest BCUT2D eigenvalue weighted by Crippen LogP contribution is -2.10. The monoisotopic (exact) mass is 265 g/mol. The van der Waals surface area contributed by atoms with Gasteiger partial charge in [-0.3, -0.25) is 4.72 Å². The van der Waals surface area contributed by atoms with Crippen molar-refractivity contribution < 1.29 is 12.8 Å². The lowest BCUT2D eigenvalue weighted by atomic mass is 10.0. The number of para-hydroxylation sites is 1. The van der Waals surface area contributed by atoms with Gasteiger partial charge in [0.1, 0.15) is 5.82 Å². The molecule has 0 saturated carbocycles. The number of nitrogens with one attached hydrogen (secondary N) is 1. The molecule has 94 valence electrons. The van der Waals surface area contributed by atoms with Crippen LogP contribution in [-0.2, 0) is 10.0 Å². The quantitative estimate of drug-likeness (QED) is 0.927. The lowest BCUT2D eigenvalue weighted by Gasteiger charge is -2.10. The molecular formula is C13H12FNO2S. The van der Waals surface area contributed by atoms with Crippen molar-refractivity contribution in [2.75, 3.05) is 11.0 Å². The van der Waals surface area contributed by atoms with Gasteiger partial charge < -0.3 is 0 Å². The maximum Gasteiger partial charge on any atom is 0.229 e. The first kappa shape index (κ1) is 12.6. The zero-order valence-corrected chi connectivity index (χ0v) is 10.5. The predicted octanol–water partition coefficient (Wildman–Crippen LogP) is 2.86. The minimum Gasteiger partial charge on any atom is -0.283 e. The van der Waals surface area contributed by atoms with E-state index in [1.165, 1.54) is 12.1 Å². The molecule has 0 saturated heterocycles. The molecule has 0 aliphatic rings. The number of halogens is 1. The van der Waals surface area contributed by atoms with E-state index in [2.05, 4.69) is 4.72 Å². The third-order valence-corrected chi connectivity index (χ3v) is 2.97. The van der Waals surface area contributed by atoms with Crippen LogP contribution in [0.1, 0.15) is 0 Å². The van der Waals surface area contributed by atoms with Crippen LogP contribution in [0.2, 0.25) is 0 Å². The summed E-state index contributed by atoms with van der Waals surface area (Å²) in [6, 6.07) is 12.9. The first-order valence-corrected chi connectivity index (χ1v) is 7.17. The molecule has 0 atom stereocenters. The number of hydrogen-bond donors (Lipinski definition) is 1. The molecule has 1 N–H and O–H groups in total. The molecule has 2 aromatic rings. The van der Waals surface area contributed by atoms with E-state index in [1.54, 1.807) is 36.4 Å². The van der Waals surface area contributed by atoms with Crippen LogP contribution < -0.4 is 4.72 Å². The Morgan fingerprint density at radius 1 is 1.00 bits per heavy atom. The van der Waals surface area contributed by atoms with Gasteiger partial charge in [0, 0.05) is 5.56 Å². The minimum absolute atomic E-state index is 0.327. The third kappa shape index (κ3) is 3.07. The van der Waals surface area contributed by atoms with Crippen molar-refractivity contribution in [1.29, 1.82) is 0 Å². The van der Waals surface area contributed by atoms with Crippen molar-refractivity contribution in [3.63, 3.8) is 0 Å². The fourth-order valence-corrected chi connectivity index (χ4v) is 2.23. The van der Waals surface area contributed by atoms with Gasteiger partial charge >= 0.3 is 0 Å². The average molecular weight is 265 g/mol. The molecule has 18 heavy (non-hydrogen) atoms. The van der Waals surface area contributed by atoms with E-state index in [-0.39, 0.29) is 5.82 Å². The van der Waals surface area contributed by atoms with E-state index < -0.39 is 10.0 Å². The van der Waals surface area contributed by atoms with Crippen LogP contribution in [0.15, 0.2) is 48.5 Å². The molecule has 0 bridgehead atoms. The molecule has 0 spiro atoms. The van der Waals surface area contributed by atoms with Crippen molar-refractivity contribution >= 4 is 15.7 Å². The Bertz CT molecular complexity index is 651. The highest BCUT2D eigenvalue weighted by molar-refractivity contribution is 7.92. The minimum atomic E-state index is -3.34. The van der Waals surface area contributed by atoms with Crippen LogP contribution in [0.4, 0.5) is 10.1 Å². The van der Waals surface area contributed by atoms with Gasteiger partial charge in [-0.25, -0.2) is 12.8 Å². The maximum absolute atomic E-state index is 12.9. The fourth-order valence-electron chi connectivity index (χ4n) is 1.65. The van der Waals surface area contributed by atoms with Crippen LogP contribution in [-0.4, -0.2) is 14.7 Å². The summed E-state index contributed by atoms with van der Waals surface area (Å²) in [5, 5.41) is 0. The van der Waals surface area contributed by atoms with Gasteiger partial charge in [0.25, 0.3) is 0 Å². The SMILES string of the molecule is CS(=O)(=O)Nc1ccccc1-c1ccc(F)cc1. The second kappa shape index (κ2) is 4.78. The van der Waals surface area contributed by atoms with Gasteiger partial charge in [-0.15, -0.1) is 0 Å². The Morgan fingerprint density at radius 2 is 1.61 bits per heavy atom. The Hall–Kier alpha value is -1.88. The molecule has 3 nitrogen and oxygen atoms in total. The molecule has 0 amide bonds. The summed E-state index contributed by atoms with van der Waals surface area (Å²) in [7, 11) is -3.34. The molecule has 0 aliphatic heterocycles. The molecule has 0 unspecified atom stereocenters. The summed E-state index contributed by atoms with van der Waals surface area (Å²) in [6.07, 6.45) is 1.09. The van der Waals surface area contributed by atoms with Crippen LogP contribution in [0, 0.1) is 5.82 Å². The summed E-state index contributed by atoms with van der Waals surface area (Å²) >= 11 is 0. The fraction of sp³-hybridized carbons (Fsp3) is 0.0769. The summed E-state index contributed by atoms with van der Waals surface area (Å²) in [6.45, 7) is 0. The number of rotatable bonds is 3. The number of sulfonamides is 1. The van der Waals surface area contributed by atoms with E-state index in [1.807, 2.05) is 0 Å². The summed E-state index contributed by atoms with van der Waals surface area (Å²) in [5.74, 6) is -0.327. The van der Waals surface area contributed by atoms with E-state index in [9.17, 15) is 12.8 Å². The largest absolute Gasteiger partial charge is 0.283 e. The van der Waals surface area contributed by atoms with Gasteiger partial charge in [0.2, 0.25) is 10.0 Å². The molecule has 0 aromatic heterocycles. The third-order valence-electron chi connectivity index (χ3n) is 2.38. The van der Waals surface area contributed by atoms with Crippen molar-refractivity contribution in [2.24, 2.45) is 0 Å². The topological polar surface area (TPSA) is 46.2 Å². The van der Waals surface area contributed by atoms with Crippen molar-refractivity contribution in [3.8, 4) is 11.1 Å². The Morgan fingerprint density at radius 3 is 2.22 bits per heavy atom. The molecule has 0 aliphatic carbocycles. The Balaban J connectivity index is 2.48. The Kier molecular flexibility index (Phi) is 3.34. The normalized spacial score (nSPS) is 11.2. The van der Waals surface area contributed by atoms with Crippen LogP contribution in [0.25, 0.3) is 11.1 Å². The molecule has 0 radical (unpaired) electrons. The summed E-state index contributed by atoms with van der Waals surface area (Å²) in [4.78, 5) is 0. The smallest absolute Gasteiger partial charge is 0.229 e. The first-order valence-electron chi connectivity index (χ1n) is 5.28. The molecule has 0 fully saturated rings. The first-order chi connectivity index (χ1) is 8.46. The average Bonchev–Trinajstić information content (AvgIpc) is 2.29. The van der Waals surface area contributed by atoms with E-state index in [0.29, 0.717) is 11.3 Å². The predicted molar refractivity (Wildman–Crippen MR) is 70.3 cm³/mol. The van der Waals surface area contributed by atoms with Crippen molar-refractivity contribution in [3.05, 3.63) is 54.3 Å². The maximum atomic E-state index is 12.9. The van der Waals surface area contributed by atoms with E-state index in [4.69, 9.17) is 0 Å². The van der Waals surface area contributed by atoms with Gasteiger partial charge in [0.05, 0.1) is 11.9 Å². The van der Waals surface area contributed by atoms with Crippen LogP contribution in [0.5, 0.6) is 0 Å². The number of anilines is 1. The second-order valence-corrected chi connectivity index (χ2v) is 5.68. The highest BCUT2D eigenvalue weighted by atomic mass is 32.2. The molecule has 2 rings (SSSR count). The second-order valence-electron chi connectivity index (χ2n) is 3.93. The number of benzene rings is 2. The molecular weight excluding hydrogens is 253 g/mol. The zero-order valence-electron chi connectivity index (χ0n) is 9.72. The van der Waals surface area contributed by atoms with Gasteiger partial charge in [-0.05, 0) is 23.8 Å². The Labute approximate surface area is 105 Å². The highest BCUT2D eigenvalue weighted by Crippen LogP contribution is 2.28. The highest BCUT2D eigenvalue weighted by Gasteiger charge is 2.08. The van der Waals surface area contributed by atoms with Gasteiger partial charge in [-0.1, -0.05) is 30.3 Å². The lowest BCUT2D eigenvalue weighted by molar-refractivity contribution is 0.607. The van der Waals surface area contributed by atoms with Crippen molar-refractivity contribution in [2.45, 2.75) is 0 Å². The van der Waals surface area contributed by atoms with Crippen molar-refractivity contribution in [1.82, 2.24) is 0 Å². The van der Waals surface area contributed by atoms with Gasteiger partial charge in [-0.2, -0.15) is 0 Å². The van der Waals surface area contributed by atoms with Gasteiger partial charge in [0.15, 0.2) is 0 Å². The number of hydrogen-bond acceptors (Lipinski definition) is 2. The summed E-state index contributed by atoms with van der Waals surface area (Å²) < 4.78 is 37.8.